The van der Waals surface area contributed by atoms with Crippen LogP contribution in [0.3, 0.4) is 0 Å². The number of thiazole rings is 1. The van der Waals surface area contributed by atoms with Gasteiger partial charge in [-0.1, -0.05) is 0 Å². The summed E-state index contributed by atoms with van der Waals surface area (Å²) in [6, 6.07) is 1.95. The number of hydrogen-bond acceptors (Lipinski definition) is 5. The number of aryl methyl sites for hydroxylation is 1. The summed E-state index contributed by atoms with van der Waals surface area (Å²) in [6.07, 6.45) is 0. The second-order valence-electron chi connectivity index (χ2n) is 4.47. The van der Waals surface area contributed by atoms with Crippen LogP contribution in [0.4, 0.5) is 0 Å². The van der Waals surface area contributed by atoms with Crippen LogP contribution in [0.25, 0.3) is 4.83 Å². The predicted octanol–water partition coefficient (Wildman–Crippen LogP) is 0.897. The quantitative estimate of drug-likeness (QED) is 0.809. The van der Waals surface area contributed by atoms with Gasteiger partial charge in [0.2, 0.25) is 0 Å². The third kappa shape index (κ3) is 2.19. The van der Waals surface area contributed by atoms with Gasteiger partial charge in [-0.3, -0.25) is 9.30 Å². The van der Waals surface area contributed by atoms with Crippen LogP contribution in [0, 0.1) is 6.92 Å². The summed E-state index contributed by atoms with van der Waals surface area (Å²) in [4.78, 5) is 19.2. The van der Waals surface area contributed by atoms with E-state index in [-0.39, 0.29) is 5.69 Å². The van der Waals surface area contributed by atoms with Gasteiger partial charge in [-0.2, -0.15) is 4.98 Å². The van der Waals surface area contributed by atoms with Crippen LogP contribution >= 0.6 is 11.3 Å². The van der Waals surface area contributed by atoms with Gasteiger partial charge in [-0.05, 0) is 13.0 Å². The first-order valence-electron chi connectivity index (χ1n) is 6.01. The molecule has 0 amide bonds. The summed E-state index contributed by atoms with van der Waals surface area (Å²) >= 11 is 1.60. The molecule has 0 radical (unpaired) electrons. The van der Waals surface area contributed by atoms with Crippen LogP contribution < -0.4 is 5.69 Å². The van der Waals surface area contributed by atoms with Crippen molar-refractivity contribution in [3.8, 4) is 0 Å². The number of hydrogen-bond donors (Lipinski definition) is 0. The number of rotatable bonds is 2. The van der Waals surface area contributed by atoms with E-state index < -0.39 is 0 Å². The van der Waals surface area contributed by atoms with E-state index in [2.05, 4.69) is 9.88 Å². The molecule has 2 aromatic rings. The molecule has 96 valence electrons. The van der Waals surface area contributed by atoms with Crippen molar-refractivity contribution in [3.63, 3.8) is 0 Å². The van der Waals surface area contributed by atoms with Crippen LogP contribution in [0.1, 0.15) is 11.4 Å². The first-order valence-corrected chi connectivity index (χ1v) is 6.89. The molecule has 0 bridgehead atoms. The molecule has 3 rings (SSSR count). The molecular weight excluding hydrogens is 250 g/mol. The molecule has 0 N–H and O–H groups in total. The van der Waals surface area contributed by atoms with E-state index in [4.69, 9.17) is 4.74 Å². The van der Waals surface area contributed by atoms with Crippen LogP contribution in [-0.2, 0) is 11.3 Å². The zero-order chi connectivity index (χ0) is 12.5. The number of aromatic nitrogens is 2. The molecule has 6 heteroatoms. The summed E-state index contributed by atoms with van der Waals surface area (Å²) < 4.78 is 7.04. The topological polar surface area (TPSA) is 46.8 Å². The van der Waals surface area contributed by atoms with E-state index in [1.165, 1.54) is 0 Å². The lowest BCUT2D eigenvalue weighted by Crippen LogP contribution is -2.36. The van der Waals surface area contributed by atoms with E-state index >= 15 is 0 Å². The standard InChI is InChI=1S/C12H15N3O2S/c1-9-6-11-15(12(16)13-9)10(8-18-11)7-14-2-4-17-5-3-14/h6,8H,2-5,7H2,1H3. The molecule has 2 aromatic heterocycles. The third-order valence-corrected chi connectivity index (χ3v) is 4.04. The Morgan fingerprint density at radius 2 is 2.22 bits per heavy atom. The highest BCUT2D eigenvalue weighted by Gasteiger charge is 2.14. The first kappa shape index (κ1) is 11.8. The monoisotopic (exact) mass is 265 g/mol. The van der Waals surface area contributed by atoms with Crippen LogP contribution in [-0.4, -0.2) is 40.6 Å². The van der Waals surface area contributed by atoms with Crippen molar-refractivity contribution in [1.29, 1.82) is 0 Å². The Morgan fingerprint density at radius 1 is 1.44 bits per heavy atom. The highest BCUT2D eigenvalue weighted by molar-refractivity contribution is 7.15. The summed E-state index contributed by atoms with van der Waals surface area (Å²) in [7, 11) is 0. The van der Waals surface area contributed by atoms with E-state index in [0.717, 1.165) is 49.1 Å². The molecule has 0 aromatic carbocycles. The summed E-state index contributed by atoms with van der Waals surface area (Å²) in [5.41, 5.74) is 1.63. The fraction of sp³-hybridized carbons (Fsp3) is 0.500. The van der Waals surface area contributed by atoms with Gasteiger partial charge >= 0.3 is 5.69 Å². The van der Waals surface area contributed by atoms with Gasteiger partial charge in [0.05, 0.1) is 18.9 Å². The zero-order valence-electron chi connectivity index (χ0n) is 10.3. The van der Waals surface area contributed by atoms with Gasteiger partial charge in [0.25, 0.3) is 0 Å². The largest absolute Gasteiger partial charge is 0.379 e. The highest BCUT2D eigenvalue weighted by atomic mass is 32.1. The second-order valence-corrected chi connectivity index (χ2v) is 5.36. The Morgan fingerprint density at radius 3 is 3.00 bits per heavy atom. The van der Waals surface area contributed by atoms with Crippen molar-refractivity contribution in [2.24, 2.45) is 0 Å². The molecule has 0 aliphatic carbocycles. The Balaban J connectivity index is 1.94. The molecular formula is C12H15N3O2S. The normalized spacial score (nSPS) is 17.4. The number of nitrogens with zero attached hydrogens (tertiary/aromatic N) is 3. The van der Waals surface area contributed by atoms with E-state index in [9.17, 15) is 4.79 Å². The van der Waals surface area contributed by atoms with Gasteiger partial charge < -0.3 is 4.74 Å². The molecule has 0 saturated carbocycles. The van der Waals surface area contributed by atoms with Crippen LogP contribution in [0.2, 0.25) is 0 Å². The predicted molar refractivity (Wildman–Crippen MR) is 70.2 cm³/mol. The van der Waals surface area contributed by atoms with Crippen LogP contribution in [0.15, 0.2) is 16.2 Å². The Hall–Kier alpha value is -1.24. The average Bonchev–Trinajstić information content (AvgIpc) is 2.73. The van der Waals surface area contributed by atoms with Crippen molar-refractivity contribution in [2.45, 2.75) is 13.5 Å². The van der Waals surface area contributed by atoms with Gasteiger partial charge in [0, 0.05) is 30.7 Å². The van der Waals surface area contributed by atoms with Crippen molar-refractivity contribution in [2.75, 3.05) is 26.3 Å². The molecule has 0 spiro atoms. The molecule has 1 fully saturated rings. The highest BCUT2D eigenvalue weighted by Crippen LogP contribution is 2.16. The average molecular weight is 265 g/mol. The zero-order valence-corrected chi connectivity index (χ0v) is 11.1. The molecule has 3 heterocycles. The smallest absolute Gasteiger partial charge is 0.353 e. The third-order valence-electron chi connectivity index (χ3n) is 3.11. The van der Waals surface area contributed by atoms with Gasteiger partial charge in [-0.15, -0.1) is 11.3 Å². The lowest BCUT2D eigenvalue weighted by atomic mass is 10.3. The lowest BCUT2D eigenvalue weighted by molar-refractivity contribution is 0.0335. The van der Waals surface area contributed by atoms with Crippen molar-refractivity contribution in [3.05, 3.63) is 33.3 Å². The minimum Gasteiger partial charge on any atom is -0.379 e. The van der Waals surface area contributed by atoms with Crippen molar-refractivity contribution >= 4 is 16.2 Å². The Labute approximate surface area is 109 Å². The van der Waals surface area contributed by atoms with Gasteiger partial charge in [-0.25, -0.2) is 4.79 Å². The molecule has 1 saturated heterocycles. The lowest BCUT2D eigenvalue weighted by Gasteiger charge is -2.26. The maximum Gasteiger partial charge on any atom is 0.353 e. The molecule has 1 aliphatic rings. The summed E-state index contributed by atoms with van der Waals surface area (Å²) in [5.74, 6) is 0. The molecule has 5 nitrogen and oxygen atoms in total. The number of morpholine rings is 1. The van der Waals surface area contributed by atoms with Gasteiger partial charge in [0.15, 0.2) is 0 Å². The minimum atomic E-state index is -0.172. The van der Waals surface area contributed by atoms with Crippen molar-refractivity contribution in [1.82, 2.24) is 14.3 Å². The molecule has 0 unspecified atom stereocenters. The first-order chi connectivity index (χ1) is 8.74. The Bertz CT molecular complexity index is 613. The van der Waals surface area contributed by atoms with Crippen LogP contribution in [0.5, 0.6) is 0 Å². The number of fused-ring (bicyclic) bond motifs is 1. The summed E-state index contributed by atoms with van der Waals surface area (Å²) in [6.45, 7) is 6.02. The maximum absolute atomic E-state index is 11.9. The SMILES string of the molecule is Cc1cc2scc(CN3CCOCC3)n2c(=O)n1. The van der Waals surface area contributed by atoms with E-state index in [0.29, 0.717) is 0 Å². The Kier molecular flexibility index (Phi) is 3.15. The fourth-order valence-corrected chi connectivity index (χ4v) is 3.18. The second kappa shape index (κ2) is 4.79. The molecule has 0 atom stereocenters. The van der Waals surface area contributed by atoms with E-state index in [1.807, 2.05) is 18.4 Å². The fourth-order valence-electron chi connectivity index (χ4n) is 2.20. The molecule has 1 aliphatic heterocycles. The number of ether oxygens (including phenoxy) is 1. The van der Waals surface area contributed by atoms with Gasteiger partial charge in [0.1, 0.15) is 4.83 Å². The maximum atomic E-state index is 11.9. The molecule has 18 heavy (non-hydrogen) atoms. The van der Waals surface area contributed by atoms with Crippen molar-refractivity contribution < 1.29 is 4.74 Å². The van der Waals surface area contributed by atoms with E-state index in [1.54, 1.807) is 15.7 Å². The summed E-state index contributed by atoms with van der Waals surface area (Å²) in [5, 5.41) is 2.05. The minimum absolute atomic E-state index is 0.172.